The molecule has 2 aromatic rings. The second-order valence-corrected chi connectivity index (χ2v) is 5.31. The second-order valence-electron chi connectivity index (χ2n) is 5.31. The molecule has 22 heavy (non-hydrogen) atoms. The molecule has 1 amide bonds. The van der Waals surface area contributed by atoms with Crippen LogP contribution in [0.2, 0.25) is 0 Å². The lowest BCUT2D eigenvalue weighted by Gasteiger charge is -2.05. The number of methoxy groups -OCH3 is 1. The van der Waals surface area contributed by atoms with Crippen LogP contribution in [0, 0.1) is 0 Å². The molecular weight excluding hydrogens is 282 g/mol. The number of carbonyl (C=O) groups excluding carboxylic acids is 1. The van der Waals surface area contributed by atoms with Gasteiger partial charge in [-0.2, -0.15) is 0 Å². The number of benzene rings is 1. The summed E-state index contributed by atoms with van der Waals surface area (Å²) in [6.45, 7) is 4.47. The van der Waals surface area contributed by atoms with E-state index >= 15 is 0 Å². The van der Waals surface area contributed by atoms with E-state index in [9.17, 15) is 4.79 Å². The van der Waals surface area contributed by atoms with Gasteiger partial charge in [0.25, 0.3) is 0 Å². The SMILES string of the molecule is COc1ccc(CC(=O)NCCc2nnc(C(C)C)o2)cc1. The van der Waals surface area contributed by atoms with Gasteiger partial charge in [0.05, 0.1) is 13.5 Å². The molecule has 118 valence electrons. The second kappa shape index (κ2) is 7.59. The van der Waals surface area contributed by atoms with E-state index in [1.165, 1.54) is 0 Å². The Balaban J connectivity index is 1.74. The zero-order chi connectivity index (χ0) is 15.9. The normalized spacial score (nSPS) is 10.7. The van der Waals surface area contributed by atoms with Gasteiger partial charge < -0.3 is 14.5 Å². The summed E-state index contributed by atoms with van der Waals surface area (Å²) in [5.74, 6) is 2.13. The van der Waals surface area contributed by atoms with Crippen LogP contribution in [-0.4, -0.2) is 29.8 Å². The molecule has 0 atom stereocenters. The largest absolute Gasteiger partial charge is 0.497 e. The van der Waals surface area contributed by atoms with Gasteiger partial charge in [-0.1, -0.05) is 26.0 Å². The smallest absolute Gasteiger partial charge is 0.224 e. The molecule has 6 nitrogen and oxygen atoms in total. The Morgan fingerprint density at radius 2 is 2.00 bits per heavy atom. The highest BCUT2D eigenvalue weighted by atomic mass is 16.5. The van der Waals surface area contributed by atoms with Gasteiger partial charge in [-0.3, -0.25) is 4.79 Å². The zero-order valence-electron chi connectivity index (χ0n) is 13.1. The van der Waals surface area contributed by atoms with E-state index in [4.69, 9.17) is 9.15 Å². The molecule has 0 aliphatic heterocycles. The lowest BCUT2D eigenvalue weighted by atomic mass is 10.1. The molecule has 0 aliphatic carbocycles. The van der Waals surface area contributed by atoms with Crippen molar-refractivity contribution in [1.29, 1.82) is 0 Å². The number of hydrogen-bond donors (Lipinski definition) is 1. The minimum atomic E-state index is -0.0336. The number of aromatic nitrogens is 2. The summed E-state index contributed by atoms with van der Waals surface area (Å²) in [6, 6.07) is 7.44. The van der Waals surface area contributed by atoms with Gasteiger partial charge in [-0.15, -0.1) is 10.2 Å². The van der Waals surface area contributed by atoms with Gasteiger partial charge in [0.1, 0.15) is 5.75 Å². The fraction of sp³-hybridized carbons (Fsp3) is 0.438. The first kappa shape index (κ1) is 16.0. The monoisotopic (exact) mass is 303 g/mol. The van der Waals surface area contributed by atoms with Crippen LogP contribution in [0.15, 0.2) is 28.7 Å². The van der Waals surface area contributed by atoms with Crippen molar-refractivity contribution >= 4 is 5.91 Å². The number of amides is 1. The molecule has 6 heteroatoms. The molecule has 1 N–H and O–H groups in total. The van der Waals surface area contributed by atoms with Crippen molar-refractivity contribution in [2.45, 2.75) is 32.6 Å². The predicted octanol–water partition coefficient (Wildman–Crippen LogP) is 2.10. The Morgan fingerprint density at radius 1 is 1.27 bits per heavy atom. The molecule has 0 fully saturated rings. The van der Waals surface area contributed by atoms with E-state index in [0.29, 0.717) is 31.2 Å². The van der Waals surface area contributed by atoms with Gasteiger partial charge in [-0.05, 0) is 17.7 Å². The fourth-order valence-electron chi connectivity index (χ4n) is 1.90. The van der Waals surface area contributed by atoms with Crippen molar-refractivity contribution in [3.05, 3.63) is 41.6 Å². The molecule has 0 saturated heterocycles. The number of nitrogens with zero attached hydrogens (tertiary/aromatic N) is 2. The van der Waals surface area contributed by atoms with E-state index in [0.717, 1.165) is 11.3 Å². The van der Waals surface area contributed by atoms with Gasteiger partial charge in [0.15, 0.2) is 0 Å². The molecule has 0 radical (unpaired) electrons. The van der Waals surface area contributed by atoms with Crippen molar-refractivity contribution in [3.63, 3.8) is 0 Å². The molecule has 0 bridgehead atoms. The maximum atomic E-state index is 11.9. The van der Waals surface area contributed by atoms with Crippen LogP contribution in [0.25, 0.3) is 0 Å². The lowest BCUT2D eigenvalue weighted by molar-refractivity contribution is -0.120. The molecule has 0 aliphatic rings. The molecule has 1 heterocycles. The minimum Gasteiger partial charge on any atom is -0.497 e. The van der Waals surface area contributed by atoms with Crippen LogP contribution in [0.4, 0.5) is 0 Å². The molecule has 2 rings (SSSR count). The third-order valence-corrected chi connectivity index (χ3v) is 3.16. The van der Waals surface area contributed by atoms with E-state index in [1.807, 2.05) is 38.1 Å². The summed E-state index contributed by atoms with van der Waals surface area (Å²) in [5.41, 5.74) is 0.943. The number of rotatable bonds is 7. The summed E-state index contributed by atoms with van der Waals surface area (Å²) < 4.78 is 10.6. The van der Waals surface area contributed by atoms with E-state index in [1.54, 1.807) is 7.11 Å². The zero-order valence-corrected chi connectivity index (χ0v) is 13.1. The average Bonchev–Trinajstić information content (AvgIpc) is 2.97. The predicted molar refractivity (Wildman–Crippen MR) is 81.8 cm³/mol. The Morgan fingerprint density at radius 3 is 2.59 bits per heavy atom. The summed E-state index contributed by atoms with van der Waals surface area (Å²) >= 11 is 0. The number of carbonyl (C=O) groups is 1. The van der Waals surface area contributed by atoms with Gasteiger partial charge in [-0.25, -0.2) is 0 Å². The Kier molecular flexibility index (Phi) is 5.52. The summed E-state index contributed by atoms with van der Waals surface area (Å²) in [7, 11) is 1.62. The van der Waals surface area contributed by atoms with Crippen LogP contribution in [-0.2, 0) is 17.6 Å². The maximum Gasteiger partial charge on any atom is 0.224 e. The number of ether oxygens (including phenoxy) is 1. The topological polar surface area (TPSA) is 77.2 Å². The highest BCUT2D eigenvalue weighted by Crippen LogP contribution is 2.12. The quantitative estimate of drug-likeness (QED) is 0.847. The molecule has 1 aromatic carbocycles. The van der Waals surface area contributed by atoms with Crippen LogP contribution >= 0.6 is 0 Å². The highest BCUT2D eigenvalue weighted by molar-refractivity contribution is 5.78. The van der Waals surface area contributed by atoms with Crippen LogP contribution in [0.1, 0.15) is 37.1 Å². The first-order valence-electron chi connectivity index (χ1n) is 7.30. The van der Waals surface area contributed by atoms with Crippen molar-refractivity contribution < 1.29 is 13.9 Å². The summed E-state index contributed by atoms with van der Waals surface area (Å²) in [4.78, 5) is 11.9. The first-order chi connectivity index (χ1) is 10.6. The van der Waals surface area contributed by atoms with Gasteiger partial charge in [0.2, 0.25) is 17.7 Å². The Labute approximate surface area is 129 Å². The summed E-state index contributed by atoms with van der Waals surface area (Å²) in [6.07, 6.45) is 0.874. The standard InChI is InChI=1S/C16H21N3O3/c1-11(2)16-19-18-15(22-16)8-9-17-14(20)10-12-4-6-13(21-3)7-5-12/h4-7,11H,8-10H2,1-3H3,(H,17,20). The summed E-state index contributed by atoms with van der Waals surface area (Å²) in [5, 5.41) is 10.8. The highest BCUT2D eigenvalue weighted by Gasteiger charge is 2.10. The maximum absolute atomic E-state index is 11.9. The molecule has 0 spiro atoms. The van der Waals surface area contributed by atoms with Crippen LogP contribution in [0.5, 0.6) is 5.75 Å². The van der Waals surface area contributed by atoms with Crippen LogP contribution < -0.4 is 10.1 Å². The lowest BCUT2D eigenvalue weighted by Crippen LogP contribution is -2.27. The van der Waals surface area contributed by atoms with E-state index in [-0.39, 0.29) is 11.8 Å². The Hall–Kier alpha value is -2.37. The third kappa shape index (κ3) is 4.58. The molecule has 1 aromatic heterocycles. The molecule has 0 saturated carbocycles. The fourth-order valence-corrected chi connectivity index (χ4v) is 1.90. The van der Waals surface area contributed by atoms with E-state index in [2.05, 4.69) is 15.5 Å². The van der Waals surface area contributed by atoms with Gasteiger partial charge >= 0.3 is 0 Å². The minimum absolute atomic E-state index is 0.0336. The first-order valence-corrected chi connectivity index (χ1v) is 7.30. The number of nitrogens with one attached hydrogen (secondary N) is 1. The van der Waals surface area contributed by atoms with Gasteiger partial charge in [0, 0.05) is 18.9 Å². The average molecular weight is 303 g/mol. The van der Waals surface area contributed by atoms with Crippen LogP contribution in [0.3, 0.4) is 0 Å². The van der Waals surface area contributed by atoms with Crippen molar-refractivity contribution in [1.82, 2.24) is 15.5 Å². The molecular formula is C16H21N3O3. The van der Waals surface area contributed by atoms with Crippen molar-refractivity contribution in [3.8, 4) is 5.75 Å². The van der Waals surface area contributed by atoms with Crippen molar-refractivity contribution in [2.24, 2.45) is 0 Å². The number of hydrogen-bond acceptors (Lipinski definition) is 5. The third-order valence-electron chi connectivity index (χ3n) is 3.16. The van der Waals surface area contributed by atoms with Crippen molar-refractivity contribution in [2.75, 3.05) is 13.7 Å². The van der Waals surface area contributed by atoms with E-state index < -0.39 is 0 Å². The molecule has 0 unspecified atom stereocenters. The Bertz CT molecular complexity index is 605.